The van der Waals surface area contributed by atoms with Gasteiger partial charge in [-0.3, -0.25) is 0 Å². The molecule has 0 saturated carbocycles. The van der Waals surface area contributed by atoms with Gasteiger partial charge in [-0.15, -0.1) is 0 Å². The fourth-order valence-electron chi connectivity index (χ4n) is 2.34. The predicted octanol–water partition coefficient (Wildman–Crippen LogP) is 2.46. The third-order valence-electron chi connectivity index (χ3n) is 3.25. The maximum atomic E-state index is 9.35. The summed E-state index contributed by atoms with van der Waals surface area (Å²) in [5.74, 6) is 0. The van der Waals surface area contributed by atoms with E-state index in [2.05, 4.69) is 43.0 Å². The molecule has 0 bridgehead atoms. The second-order valence-corrected chi connectivity index (χ2v) is 5.48. The molecular formula is C14H21NO. The van der Waals surface area contributed by atoms with Crippen LogP contribution in [0.15, 0.2) is 24.3 Å². The van der Waals surface area contributed by atoms with Crippen molar-refractivity contribution in [3.8, 4) is 0 Å². The zero-order valence-electron chi connectivity index (χ0n) is 10.2. The molecule has 88 valence electrons. The van der Waals surface area contributed by atoms with E-state index in [1.54, 1.807) is 0 Å². The highest BCUT2D eigenvalue weighted by molar-refractivity contribution is 5.55. The first kappa shape index (κ1) is 11.5. The lowest BCUT2D eigenvalue weighted by Crippen LogP contribution is -2.39. The van der Waals surface area contributed by atoms with Gasteiger partial charge in [0.25, 0.3) is 0 Å². The highest BCUT2D eigenvalue weighted by Gasteiger charge is 2.24. The molecule has 1 aliphatic heterocycles. The molecule has 1 aromatic carbocycles. The van der Waals surface area contributed by atoms with Gasteiger partial charge in [-0.1, -0.05) is 32.0 Å². The van der Waals surface area contributed by atoms with E-state index in [1.807, 2.05) is 0 Å². The summed E-state index contributed by atoms with van der Waals surface area (Å²) in [4.78, 5) is 2.41. The van der Waals surface area contributed by atoms with Crippen LogP contribution < -0.4 is 4.90 Å². The molecule has 16 heavy (non-hydrogen) atoms. The van der Waals surface area contributed by atoms with Crippen molar-refractivity contribution in [3.63, 3.8) is 0 Å². The molecule has 0 amide bonds. The van der Waals surface area contributed by atoms with Crippen LogP contribution in [0.5, 0.6) is 0 Å². The molecule has 0 saturated heterocycles. The lowest BCUT2D eigenvalue weighted by molar-refractivity contribution is 0.163. The number of hydrogen-bond acceptors (Lipinski definition) is 2. The number of rotatable bonds is 3. The summed E-state index contributed by atoms with van der Waals surface area (Å²) in [6.07, 6.45) is 2.41. The van der Waals surface area contributed by atoms with Gasteiger partial charge in [0.1, 0.15) is 0 Å². The van der Waals surface area contributed by atoms with Crippen molar-refractivity contribution >= 4 is 5.69 Å². The second kappa shape index (κ2) is 4.46. The normalized spacial score (nSPS) is 16.1. The Bertz CT molecular complexity index is 360. The molecule has 0 atom stereocenters. The molecule has 1 aliphatic rings. The third kappa shape index (κ3) is 2.38. The van der Waals surface area contributed by atoms with Gasteiger partial charge in [-0.25, -0.2) is 0 Å². The Balaban J connectivity index is 2.19. The molecule has 0 spiro atoms. The Hall–Kier alpha value is -1.02. The van der Waals surface area contributed by atoms with Crippen LogP contribution in [0.2, 0.25) is 0 Å². The minimum Gasteiger partial charge on any atom is -0.396 e. The Morgan fingerprint density at radius 1 is 1.31 bits per heavy atom. The maximum absolute atomic E-state index is 9.35. The van der Waals surface area contributed by atoms with Gasteiger partial charge in [-0.2, -0.15) is 0 Å². The monoisotopic (exact) mass is 219 g/mol. The van der Waals surface area contributed by atoms with E-state index in [0.717, 1.165) is 13.1 Å². The van der Waals surface area contributed by atoms with Gasteiger partial charge in [0.05, 0.1) is 0 Å². The Morgan fingerprint density at radius 3 is 2.81 bits per heavy atom. The zero-order valence-corrected chi connectivity index (χ0v) is 10.2. The van der Waals surface area contributed by atoms with E-state index in [1.165, 1.54) is 24.1 Å². The minimum atomic E-state index is -0.0234. The number of aliphatic hydroxyl groups is 1. The van der Waals surface area contributed by atoms with Gasteiger partial charge in [0.2, 0.25) is 0 Å². The maximum Gasteiger partial charge on any atom is 0.0499 e. The Kier molecular flexibility index (Phi) is 3.20. The first-order chi connectivity index (χ1) is 7.62. The van der Waals surface area contributed by atoms with Crippen LogP contribution >= 0.6 is 0 Å². The standard InChI is InChI=1S/C14H21NO/c1-14(2,11-16)10-15-9-5-7-12-6-3-4-8-13(12)15/h3-4,6,8,16H,5,7,9-11H2,1-2H3. The van der Waals surface area contributed by atoms with Crippen LogP contribution in [-0.2, 0) is 6.42 Å². The molecular weight excluding hydrogens is 198 g/mol. The fourth-order valence-corrected chi connectivity index (χ4v) is 2.34. The van der Waals surface area contributed by atoms with Crippen LogP contribution in [-0.4, -0.2) is 24.8 Å². The minimum absolute atomic E-state index is 0.0234. The lowest BCUT2D eigenvalue weighted by Gasteiger charge is -2.36. The predicted molar refractivity (Wildman–Crippen MR) is 67.8 cm³/mol. The summed E-state index contributed by atoms with van der Waals surface area (Å²) in [5, 5.41) is 9.35. The number of aliphatic hydroxyl groups excluding tert-OH is 1. The average molecular weight is 219 g/mol. The van der Waals surface area contributed by atoms with E-state index in [4.69, 9.17) is 0 Å². The van der Waals surface area contributed by atoms with Crippen LogP contribution in [0.3, 0.4) is 0 Å². The largest absolute Gasteiger partial charge is 0.396 e. The zero-order chi connectivity index (χ0) is 11.6. The number of aryl methyl sites for hydroxylation is 1. The van der Waals surface area contributed by atoms with Crippen molar-refractivity contribution in [2.24, 2.45) is 5.41 Å². The first-order valence-corrected chi connectivity index (χ1v) is 6.06. The van der Waals surface area contributed by atoms with E-state index in [9.17, 15) is 5.11 Å². The fraction of sp³-hybridized carbons (Fsp3) is 0.571. The van der Waals surface area contributed by atoms with E-state index < -0.39 is 0 Å². The van der Waals surface area contributed by atoms with Crippen LogP contribution in [0.1, 0.15) is 25.8 Å². The van der Waals surface area contributed by atoms with Crippen LogP contribution in [0, 0.1) is 5.41 Å². The summed E-state index contributed by atoms with van der Waals surface area (Å²) >= 11 is 0. The van der Waals surface area contributed by atoms with Gasteiger partial charge >= 0.3 is 0 Å². The third-order valence-corrected chi connectivity index (χ3v) is 3.25. The number of fused-ring (bicyclic) bond motifs is 1. The Morgan fingerprint density at radius 2 is 2.06 bits per heavy atom. The van der Waals surface area contributed by atoms with Crippen molar-refractivity contribution in [3.05, 3.63) is 29.8 Å². The van der Waals surface area contributed by atoms with Gasteiger partial charge < -0.3 is 10.0 Å². The van der Waals surface area contributed by atoms with Crippen molar-refractivity contribution in [1.82, 2.24) is 0 Å². The van der Waals surface area contributed by atoms with Crippen LogP contribution in [0.4, 0.5) is 5.69 Å². The molecule has 0 radical (unpaired) electrons. The average Bonchev–Trinajstić information content (AvgIpc) is 2.29. The highest BCUT2D eigenvalue weighted by Crippen LogP contribution is 2.29. The number of hydrogen-bond donors (Lipinski definition) is 1. The molecule has 1 heterocycles. The van der Waals surface area contributed by atoms with Gasteiger partial charge in [0, 0.05) is 30.8 Å². The molecule has 0 aliphatic carbocycles. The summed E-state index contributed by atoms with van der Waals surface area (Å²) in [6.45, 7) is 6.51. The van der Waals surface area contributed by atoms with Crippen molar-refractivity contribution < 1.29 is 5.11 Å². The topological polar surface area (TPSA) is 23.5 Å². The molecule has 0 aromatic heterocycles. The SMILES string of the molecule is CC(C)(CO)CN1CCCc2ccccc21. The van der Waals surface area contributed by atoms with E-state index in [-0.39, 0.29) is 12.0 Å². The molecule has 2 nitrogen and oxygen atoms in total. The van der Waals surface area contributed by atoms with Crippen molar-refractivity contribution in [2.45, 2.75) is 26.7 Å². The van der Waals surface area contributed by atoms with Crippen molar-refractivity contribution in [2.75, 3.05) is 24.6 Å². The molecule has 1 N–H and O–H groups in total. The van der Waals surface area contributed by atoms with Gasteiger partial charge in [-0.05, 0) is 24.5 Å². The molecule has 0 unspecified atom stereocenters. The molecule has 2 heteroatoms. The highest BCUT2D eigenvalue weighted by atomic mass is 16.3. The number of nitrogens with zero attached hydrogens (tertiary/aromatic N) is 1. The van der Waals surface area contributed by atoms with E-state index in [0.29, 0.717) is 0 Å². The molecule has 2 rings (SSSR count). The second-order valence-electron chi connectivity index (χ2n) is 5.48. The molecule has 1 aromatic rings. The quantitative estimate of drug-likeness (QED) is 0.844. The summed E-state index contributed by atoms with van der Waals surface area (Å²) < 4.78 is 0. The summed E-state index contributed by atoms with van der Waals surface area (Å²) in [7, 11) is 0. The van der Waals surface area contributed by atoms with Crippen LogP contribution in [0.25, 0.3) is 0 Å². The molecule has 0 fully saturated rings. The number of benzene rings is 1. The van der Waals surface area contributed by atoms with Crippen molar-refractivity contribution in [1.29, 1.82) is 0 Å². The lowest BCUT2D eigenvalue weighted by atomic mass is 9.92. The number of para-hydroxylation sites is 1. The number of anilines is 1. The summed E-state index contributed by atoms with van der Waals surface area (Å²) in [5.41, 5.74) is 2.78. The van der Waals surface area contributed by atoms with E-state index >= 15 is 0 Å². The first-order valence-electron chi connectivity index (χ1n) is 6.06. The van der Waals surface area contributed by atoms with Gasteiger partial charge in [0.15, 0.2) is 0 Å². The summed E-state index contributed by atoms with van der Waals surface area (Å²) in [6, 6.07) is 8.62. The smallest absolute Gasteiger partial charge is 0.0499 e. The Labute approximate surface area is 97.9 Å².